The van der Waals surface area contributed by atoms with Gasteiger partial charge in [-0.05, 0) is 20.0 Å². The van der Waals surface area contributed by atoms with Gasteiger partial charge in [-0.15, -0.1) is 0 Å². The number of methoxy groups -OCH3 is 1. The van der Waals surface area contributed by atoms with Gasteiger partial charge in [-0.2, -0.15) is 0 Å². The molecule has 0 saturated heterocycles. The van der Waals surface area contributed by atoms with Gasteiger partial charge in [-0.3, -0.25) is 0 Å². The van der Waals surface area contributed by atoms with Crippen molar-refractivity contribution in [3.05, 3.63) is 0 Å². The Morgan fingerprint density at radius 1 is 1.50 bits per heavy atom. The zero-order valence-corrected chi connectivity index (χ0v) is 9.62. The van der Waals surface area contributed by atoms with Crippen molar-refractivity contribution in [3.8, 4) is 0 Å². The summed E-state index contributed by atoms with van der Waals surface area (Å²) in [4.78, 5) is 2.07. The summed E-state index contributed by atoms with van der Waals surface area (Å²) in [5, 5.41) is 12.8. The number of nitrogens with one attached hydrogen (secondary N) is 1. The minimum Gasteiger partial charge on any atom is -0.390 e. The maximum Gasteiger partial charge on any atom is 0.0791 e. The minimum atomic E-state index is -0.289. The summed E-state index contributed by atoms with van der Waals surface area (Å²) in [6.45, 7) is 6.03. The van der Waals surface area contributed by atoms with Gasteiger partial charge in [-0.1, -0.05) is 6.92 Å². The van der Waals surface area contributed by atoms with Crippen LogP contribution in [-0.2, 0) is 4.74 Å². The van der Waals surface area contributed by atoms with Crippen molar-refractivity contribution in [2.75, 3.05) is 46.9 Å². The van der Waals surface area contributed by atoms with E-state index in [1.54, 1.807) is 7.11 Å². The average molecular weight is 204 g/mol. The fourth-order valence-corrected chi connectivity index (χ4v) is 1.21. The fraction of sp³-hybridized carbons (Fsp3) is 1.00. The highest BCUT2D eigenvalue weighted by molar-refractivity contribution is 4.63. The molecule has 0 heterocycles. The monoisotopic (exact) mass is 204 g/mol. The summed E-state index contributed by atoms with van der Waals surface area (Å²) in [6.07, 6.45) is 0.815. The Morgan fingerprint density at radius 3 is 2.79 bits per heavy atom. The van der Waals surface area contributed by atoms with E-state index in [4.69, 9.17) is 4.74 Å². The van der Waals surface area contributed by atoms with E-state index in [0.717, 1.165) is 19.5 Å². The fourth-order valence-electron chi connectivity index (χ4n) is 1.21. The molecule has 0 aromatic carbocycles. The van der Waals surface area contributed by atoms with Crippen molar-refractivity contribution >= 4 is 0 Å². The standard InChI is InChI=1S/C10H24N2O2/c1-4-5-11-8-10(13)9-12(2)6-7-14-3/h10-11,13H,4-9H2,1-3H3. The van der Waals surface area contributed by atoms with Crippen molar-refractivity contribution < 1.29 is 9.84 Å². The third-order valence-corrected chi connectivity index (χ3v) is 2.01. The number of rotatable bonds is 9. The normalized spacial score (nSPS) is 13.5. The molecule has 0 fully saturated rings. The summed E-state index contributed by atoms with van der Waals surface area (Å²) >= 11 is 0. The van der Waals surface area contributed by atoms with Gasteiger partial charge in [0.05, 0.1) is 12.7 Å². The molecule has 0 radical (unpaired) electrons. The lowest BCUT2D eigenvalue weighted by atomic mass is 10.3. The predicted molar refractivity (Wildman–Crippen MR) is 58.5 cm³/mol. The van der Waals surface area contributed by atoms with Crippen LogP contribution in [0.5, 0.6) is 0 Å². The summed E-state index contributed by atoms with van der Waals surface area (Å²) in [6, 6.07) is 0. The average Bonchev–Trinajstić information content (AvgIpc) is 2.15. The maximum absolute atomic E-state index is 9.60. The summed E-state index contributed by atoms with van der Waals surface area (Å²) < 4.78 is 4.95. The molecule has 0 aromatic heterocycles. The molecule has 0 spiro atoms. The highest BCUT2D eigenvalue weighted by Gasteiger charge is 2.06. The van der Waals surface area contributed by atoms with Crippen molar-refractivity contribution in [3.63, 3.8) is 0 Å². The molecule has 2 N–H and O–H groups in total. The van der Waals surface area contributed by atoms with E-state index in [1.807, 2.05) is 7.05 Å². The molecule has 1 unspecified atom stereocenters. The van der Waals surface area contributed by atoms with Gasteiger partial charge in [0.25, 0.3) is 0 Å². The highest BCUT2D eigenvalue weighted by atomic mass is 16.5. The molecule has 0 aliphatic carbocycles. The van der Waals surface area contributed by atoms with Crippen LogP contribution in [0.3, 0.4) is 0 Å². The van der Waals surface area contributed by atoms with Gasteiger partial charge in [-0.25, -0.2) is 0 Å². The quantitative estimate of drug-likeness (QED) is 0.516. The zero-order chi connectivity index (χ0) is 10.8. The van der Waals surface area contributed by atoms with Gasteiger partial charge in [0.2, 0.25) is 0 Å². The van der Waals surface area contributed by atoms with E-state index < -0.39 is 0 Å². The second-order valence-corrected chi connectivity index (χ2v) is 3.61. The Hall–Kier alpha value is -0.160. The van der Waals surface area contributed by atoms with E-state index in [9.17, 15) is 5.11 Å². The van der Waals surface area contributed by atoms with Crippen molar-refractivity contribution in [1.82, 2.24) is 10.2 Å². The lowest BCUT2D eigenvalue weighted by Gasteiger charge is -2.20. The summed E-state index contributed by atoms with van der Waals surface area (Å²) in [5.41, 5.74) is 0. The molecule has 0 aliphatic rings. The second kappa shape index (κ2) is 9.40. The van der Waals surface area contributed by atoms with E-state index in [-0.39, 0.29) is 6.10 Å². The lowest BCUT2D eigenvalue weighted by molar-refractivity contribution is 0.102. The van der Waals surface area contributed by atoms with Crippen molar-refractivity contribution in [2.24, 2.45) is 0 Å². The number of nitrogens with zero attached hydrogens (tertiary/aromatic N) is 1. The maximum atomic E-state index is 9.60. The molecule has 4 nitrogen and oxygen atoms in total. The number of likely N-dealkylation sites (N-methyl/N-ethyl adjacent to an activating group) is 1. The Balaban J connectivity index is 3.35. The lowest BCUT2D eigenvalue weighted by Crippen LogP contribution is -2.37. The van der Waals surface area contributed by atoms with E-state index in [2.05, 4.69) is 17.1 Å². The third-order valence-electron chi connectivity index (χ3n) is 2.01. The van der Waals surface area contributed by atoms with Crippen LogP contribution in [0.1, 0.15) is 13.3 Å². The van der Waals surface area contributed by atoms with Gasteiger partial charge in [0.15, 0.2) is 0 Å². The summed E-state index contributed by atoms with van der Waals surface area (Å²) in [7, 11) is 3.68. The minimum absolute atomic E-state index is 0.289. The first-order valence-electron chi connectivity index (χ1n) is 5.27. The SMILES string of the molecule is CCCNCC(O)CN(C)CCOC. The molecular weight excluding hydrogens is 180 g/mol. The topological polar surface area (TPSA) is 44.7 Å². The Kier molecular flexibility index (Phi) is 9.29. The molecule has 0 aromatic rings. The van der Waals surface area contributed by atoms with E-state index in [0.29, 0.717) is 19.7 Å². The first kappa shape index (κ1) is 13.8. The van der Waals surface area contributed by atoms with Crippen LogP contribution in [0.25, 0.3) is 0 Å². The Labute approximate surface area is 87.2 Å². The van der Waals surface area contributed by atoms with Crippen molar-refractivity contribution in [2.45, 2.75) is 19.4 Å². The molecule has 14 heavy (non-hydrogen) atoms. The molecule has 4 heteroatoms. The first-order valence-corrected chi connectivity index (χ1v) is 5.27. The molecule has 1 atom stereocenters. The van der Waals surface area contributed by atoms with E-state index in [1.165, 1.54) is 0 Å². The Bertz CT molecular complexity index is 123. The van der Waals surface area contributed by atoms with Crippen LogP contribution in [0.2, 0.25) is 0 Å². The van der Waals surface area contributed by atoms with Crippen molar-refractivity contribution in [1.29, 1.82) is 0 Å². The molecule has 0 saturated carbocycles. The van der Waals surface area contributed by atoms with Gasteiger partial charge < -0.3 is 20.1 Å². The number of ether oxygens (including phenoxy) is 1. The number of hydrogen-bond acceptors (Lipinski definition) is 4. The number of aliphatic hydroxyl groups is 1. The Morgan fingerprint density at radius 2 is 2.21 bits per heavy atom. The third kappa shape index (κ3) is 8.44. The largest absolute Gasteiger partial charge is 0.390 e. The molecule has 0 rings (SSSR count). The first-order chi connectivity index (χ1) is 6.70. The van der Waals surface area contributed by atoms with Gasteiger partial charge >= 0.3 is 0 Å². The number of hydrogen-bond donors (Lipinski definition) is 2. The molecule has 86 valence electrons. The predicted octanol–water partition coefficient (Wildman–Crippen LogP) is -0.0749. The van der Waals surface area contributed by atoms with Crippen LogP contribution >= 0.6 is 0 Å². The smallest absolute Gasteiger partial charge is 0.0791 e. The van der Waals surface area contributed by atoms with Gasteiger partial charge in [0.1, 0.15) is 0 Å². The second-order valence-electron chi connectivity index (χ2n) is 3.61. The summed E-state index contributed by atoms with van der Waals surface area (Å²) in [5.74, 6) is 0. The van der Waals surface area contributed by atoms with Crippen LogP contribution in [-0.4, -0.2) is 63.1 Å². The molecule has 0 amide bonds. The molecular formula is C10H24N2O2. The number of aliphatic hydroxyl groups excluding tert-OH is 1. The van der Waals surface area contributed by atoms with Gasteiger partial charge in [0, 0.05) is 26.7 Å². The van der Waals surface area contributed by atoms with E-state index >= 15 is 0 Å². The molecule has 0 bridgehead atoms. The van der Waals surface area contributed by atoms with Crippen LogP contribution < -0.4 is 5.32 Å². The van der Waals surface area contributed by atoms with Crippen LogP contribution in [0.15, 0.2) is 0 Å². The molecule has 0 aliphatic heterocycles. The zero-order valence-electron chi connectivity index (χ0n) is 9.62. The highest BCUT2D eigenvalue weighted by Crippen LogP contribution is 1.88. The van der Waals surface area contributed by atoms with Crippen LogP contribution in [0, 0.1) is 0 Å². The van der Waals surface area contributed by atoms with Crippen LogP contribution in [0.4, 0.5) is 0 Å².